The summed E-state index contributed by atoms with van der Waals surface area (Å²) in [5.74, 6) is -1.80. The summed E-state index contributed by atoms with van der Waals surface area (Å²) in [7, 11) is 0. The van der Waals surface area contributed by atoms with Gasteiger partial charge in [0, 0.05) is 63.8 Å². The van der Waals surface area contributed by atoms with Crippen LogP contribution in [0.5, 0.6) is 0 Å². The Hall–Kier alpha value is -1.79. The molecule has 0 radical (unpaired) electrons. The maximum Gasteiger partial charge on any atom is 0.341 e. The summed E-state index contributed by atoms with van der Waals surface area (Å²) in [5, 5.41) is 12.5. The van der Waals surface area contributed by atoms with E-state index in [0.29, 0.717) is 30.8 Å². The van der Waals surface area contributed by atoms with E-state index in [-0.39, 0.29) is 30.4 Å². The monoisotopic (exact) mass is 383 g/mol. The first-order valence-electron chi connectivity index (χ1n) is 7.58. The van der Waals surface area contributed by atoms with E-state index in [1.165, 1.54) is 6.20 Å². The van der Waals surface area contributed by atoms with E-state index in [9.17, 15) is 14.0 Å². The molecule has 124 valence electrons. The van der Waals surface area contributed by atoms with Gasteiger partial charge in [0.25, 0.3) is 0 Å². The van der Waals surface area contributed by atoms with Crippen molar-refractivity contribution in [1.29, 1.82) is 0 Å². The van der Waals surface area contributed by atoms with Gasteiger partial charge in [-0.15, -0.1) is 0 Å². The molecule has 0 amide bonds. The molecule has 1 saturated heterocycles. The summed E-state index contributed by atoms with van der Waals surface area (Å²) < 4.78 is 16.2. The number of fused-ring (bicyclic) bond motifs is 1. The Morgan fingerprint density at radius 3 is 2.58 bits per heavy atom. The SMILES string of the molecule is CCn1cc(C(=O)O)c(=O)c2cc(F)c(N3CCNCC3)cc21.[Zn]. The molecule has 2 aromatic rings. The Morgan fingerprint density at radius 1 is 1.33 bits per heavy atom. The van der Waals surface area contributed by atoms with Crippen molar-refractivity contribution in [2.45, 2.75) is 13.5 Å². The van der Waals surface area contributed by atoms with Crippen molar-refractivity contribution in [3.05, 3.63) is 39.9 Å². The normalized spacial score (nSPS) is 14.5. The number of carbonyl (C=O) groups is 1. The van der Waals surface area contributed by atoms with Crippen LogP contribution in [0.15, 0.2) is 23.1 Å². The standard InChI is InChI=1S/C16H18FN3O3.Zn/c1-2-19-9-11(16(22)23)15(21)10-7-12(17)14(8-13(10)19)20-5-3-18-4-6-20;/h7-9,18H,2-6H2,1H3,(H,22,23);. The van der Waals surface area contributed by atoms with Crippen LogP contribution in [0.25, 0.3) is 10.9 Å². The number of nitrogens with one attached hydrogen (secondary N) is 1. The molecule has 0 spiro atoms. The zero-order valence-electron chi connectivity index (χ0n) is 13.5. The van der Waals surface area contributed by atoms with Crippen molar-refractivity contribution in [2.75, 3.05) is 31.1 Å². The largest absolute Gasteiger partial charge is 0.477 e. The van der Waals surface area contributed by atoms with Gasteiger partial charge in [-0.05, 0) is 19.1 Å². The first-order chi connectivity index (χ1) is 11.0. The van der Waals surface area contributed by atoms with Gasteiger partial charge in [-0.2, -0.15) is 0 Å². The fraction of sp³-hybridized carbons (Fsp3) is 0.375. The van der Waals surface area contributed by atoms with Crippen LogP contribution in [-0.4, -0.2) is 41.8 Å². The smallest absolute Gasteiger partial charge is 0.341 e. The number of pyridine rings is 1. The third kappa shape index (κ3) is 3.21. The van der Waals surface area contributed by atoms with Crippen LogP contribution >= 0.6 is 0 Å². The molecule has 3 rings (SSSR count). The molecule has 24 heavy (non-hydrogen) atoms. The molecule has 1 aliphatic heterocycles. The summed E-state index contributed by atoms with van der Waals surface area (Å²) in [6.45, 7) is 5.26. The molecule has 1 aromatic carbocycles. The number of rotatable bonds is 3. The predicted octanol–water partition coefficient (Wildman–Crippen LogP) is 1.27. The van der Waals surface area contributed by atoms with E-state index in [2.05, 4.69) is 5.32 Å². The number of carboxylic acids is 1. The van der Waals surface area contributed by atoms with Gasteiger partial charge in [-0.1, -0.05) is 0 Å². The van der Waals surface area contributed by atoms with Crippen LogP contribution in [-0.2, 0) is 26.0 Å². The van der Waals surface area contributed by atoms with Gasteiger partial charge in [-0.25, -0.2) is 9.18 Å². The molecule has 0 unspecified atom stereocenters. The molecule has 2 heterocycles. The van der Waals surface area contributed by atoms with Gasteiger partial charge in [0.2, 0.25) is 5.43 Å². The zero-order chi connectivity index (χ0) is 16.6. The Balaban J connectivity index is 0.00000208. The second-order valence-corrected chi connectivity index (χ2v) is 5.52. The molecule has 0 atom stereocenters. The molecule has 6 nitrogen and oxygen atoms in total. The maximum atomic E-state index is 14.5. The third-order valence-electron chi connectivity index (χ3n) is 4.18. The minimum atomic E-state index is -1.30. The van der Waals surface area contributed by atoms with E-state index in [1.807, 2.05) is 11.8 Å². The molecule has 8 heteroatoms. The van der Waals surface area contributed by atoms with Gasteiger partial charge < -0.3 is 19.9 Å². The summed E-state index contributed by atoms with van der Waals surface area (Å²) in [6, 6.07) is 2.81. The van der Waals surface area contributed by atoms with Crippen LogP contribution < -0.4 is 15.6 Å². The predicted molar refractivity (Wildman–Crippen MR) is 85.9 cm³/mol. The Labute approximate surface area is 151 Å². The van der Waals surface area contributed by atoms with E-state index in [4.69, 9.17) is 5.11 Å². The molecule has 1 aromatic heterocycles. The number of aromatic carboxylic acids is 1. The number of piperazine rings is 1. The molecule has 0 saturated carbocycles. The Morgan fingerprint density at radius 2 is 2.00 bits per heavy atom. The minimum absolute atomic E-state index is 0. The minimum Gasteiger partial charge on any atom is -0.477 e. The molecule has 1 aliphatic rings. The maximum absolute atomic E-state index is 14.5. The van der Waals surface area contributed by atoms with Gasteiger partial charge in [0.1, 0.15) is 11.4 Å². The van der Waals surface area contributed by atoms with Crippen molar-refractivity contribution in [3.8, 4) is 0 Å². The number of aromatic nitrogens is 1. The van der Waals surface area contributed by atoms with Crippen LogP contribution in [0.4, 0.5) is 10.1 Å². The first-order valence-corrected chi connectivity index (χ1v) is 7.58. The van der Waals surface area contributed by atoms with Gasteiger partial charge in [0.05, 0.1) is 11.2 Å². The number of benzene rings is 1. The van der Waals surface area contributed by atoms with Gasteiger partial charge >= 0.3 is 5.97 Å². The van der Waals surface area contributed by atoms with Crippen molar-refractivity contribution in [1.82, 2.24) is 9.88 Å². The number of halogens is 1. The van der Waals surface area contributed by atoms with Crippen molar-refractivity contribution in [3.63, 3.8) is 0 Å². The summed E-state index contributed by atoms with van der Waals surface area (Å²) in [6.07, 6.45) is 1.33. The van der Waals surface area contributed by atoms with E-state index >= 15 is 0 Å². The second kappa shape index (κ2) is 7.40. The van der Waals surface area contributed by atoms with E-state index in [1.54, 1.807) is 10.6 Å². The van der Waals surface area contributed by atoms with Crippen LogP contribution in [0.3, 0.4) is 0 Å². The fourth-order valence-electron chi connectivity index (χ4n) is 2.96. The quantitative estimate of drug-likeness (QED) is 0.780. The van der Waals surface area contributed by atoms with Crippen LogP contribution in [0.1, 0.15) is 17.3 Å². The summed E-state index contributed by atoms with van der Waals surface area (Å²) in [4.78, 5) is 25.4. The van der Waals surface area contributed by atoms with Crippen molar-refractivity contribution in [2.24, 2.45) is 0 Å². The molecular weight excluding hydrogens is 367 g/mol. The number of carboxylic acid groups (broad SMARTS) is 1. The first kappa shape index (κ1) is 18.6. The molecule has 0 aliphatic carbocycles. The molecule has 0 bridgehead atoms. The van der Waals surface area contributed by atoms with E-state index < -0.39 is 17.2 Å². The van der Waals surface area contributed by atoms with Crippen molar-refractivity contribution >= 4 is 22.6 Å². The third-order valence-corrected chi connectivity index (χ3v) is 4.18. The average Bonchev–Trinajstić information content (AvgIpc) is 2.55. The average molecular weight is 385 g/mol. The van der Waals surface area contributed by atoms with Gasteiger partial charge in [-0.3, -0.25) is 4.79 Å². The number of hydrogen-bond donors (Lipinski definition) is 2. The topological polar surface area (TPSA) is 74.6 Å². The number of hydrogen-bond acceptors (Lipinski definition) is 4. The molecular formula is C16H18FN3O3Zn. The Kier molecular flexibility index (Phi) is 5.72. The Bertz CT molecular complexity index is 831. The molecule has 1 fully saturated rings. The van der Waals surface area contributed by atoms with Crippen LogP contribution in [0, 0.1) is 5.82 Å². The van der Waals surface area contributed by atoms with E-state index in [0.717, 1.165) is 19.2 Å². The van der Waals surface area contributed by atoms with Crippen LogP contribution in [0.2, 0.25) is 0 Å². The van der Waals surface area contributed by atoms with Crippen molar-refractivity contribution < 1.29 is 33.8 Å². The number of nitrogens with zero attached hydrogens (tertiary/aromatic N) is 2. The number of aryl methyl sites for hydroxylation is 1. The fourth-order valence-corrected chi connectivity index (χ4v) is 2.96. The number of anilines is 1. The zero-order valence-corrected chi connectivity index (χ0v) is 16.5. The second-order valence-electron chi connectivity index (χ2n) is 5.52. The summed E-state index contributed by atoms with van der Waals surface area (Å²) >= 11 is 0. The van der Waals surface area contributed by atoms with Gasteiger partial charge in [0.15, 0.2) is 0 Å². The molecule has 2 N–H and O–H groups in total. The summed E-state index contributed by atoms with van der Waals surface area (Å²) in [5.41, 5.74) is 0.0118.